The minimum atomic E-state index is -0.128. The third-order valence-corrected chi connectivity index (χ3v) is 2.68. The van der Waals surface area contributed by atoms with Gasteiger partial charge < -0.3 is 21.5 Å². The van der Waals surface area contributed by atoms with Crippen LogP contribution in [0.3, 0.4) is 0 Å². The van der Waals surface area contributed by atoms with Crippen molar-refractivity contribution in [3.63, 3.8) is 0 Å². The minimum absolute atomic E-state index is 0.128. The van der Waals surface area contributed by atoms with Crippen molar-refractivity contribution in [1.82, 2.24) is 0 Å². The molecule has 1 aromatic rings. The second-order valence-electron chi connectivity index (χ2n) is 3.88. The van der Waals surface area contributed by atoms with Crippen LogP contribution in [0.4, 0.5) is 5.69 Å². The Hall–Kier alpha value is -1.26. The van der Waals surface area contributed by atoms with E-state index in [-0.39, 0.29) is 18.1 Å². The van der Waals surface area contributed by atoms with Gasteiger partial charge in [0, 0.05) is 11.8 Å². The SMILES string of the molecule is CCC(N)N(c1cccc(O)c1)C(N)CC. The predicted molar refractivity (Wildman–Crippen MR) is 67.1 cm³/mol. The van der Waals surface area contributed by atoms with Crippen LogP contribution in [-0.2, 0) is 0 Å². The first-order valence-corrected chi connectivity index (χ1v) is 5.68. The maximum Gasteiger partial charge on any atom is 0.117 e. The molecule has 1 rings (SSSR count). The first-order chi connectivity index (χ1) is 7.60. The number of anilines is 1. The van der Waals surface area contributed by atoms with Gasteiger partial charge in [-0.3, -0.25) is 0 Å². The number of hydrogen-bond donors (Lipinski definition) is 3. The smallest absolute Gasteiger partial charge is 0.117 e. The molecule has 0 fully saturated rings. The normalized spacial score (nSPS) is 14.5. The summed E-state index contributed by atoms with van der Waals surface area (Å²) < 4.78 is 0. The topological polar surface area (TPSA) is 75.5 Å². The minimum Gasteiger partial charge on any atom is -0.508 e. The summed E-state index contributed by atoms with van der Waals surface area (Å²) in [6.07, 6.45) is 1.36. The van der Waals surface area contributed by atoms with E-state index in [0.29, 0.717) is 0 Å². The van der Waals surface area contributed by atoms with E-state index in [4.69, 9.17) is 11.5 Å². The van der Waals surface area contributed by atoms with Crippen molar-refractivity contribution >= 4 is 5.69 Å². The van der Waals surface area contributed by atoms with Gasteiger partial charge in [0.05, 0.1) is 12.3 Å². The molecule has 5 N–H and O–H groups in total. The molecule has 4 heteroatoms. The molecule has 1 aromatic carbocycles. The molecule has 2 atom stereocenters. The summed E-state index contributed by atoms with van der Waals surface area (Å²) in [5.41, 5.74) is 12.9. The van der Waals surface area contributed by atoms with E-state index in [1.807, 2.05) is 24.8 Å². The quantitative estimate of drug-likeness (QED) is 0.663. The monoisotopic (exact) mass is 223 g/mol. The molecule has 0 saturated carbocycles. The van der Waals surface area contributed by atoms with Crippen molar-refractivity contribution in [2.24, 2.45) is 11.5 Å². The third kappa shape index (κ3) is 2.87. The van der Waals surface area contributed by atoms with Crippen LogP contribution in [0, 0.1) is 0 Å². The maximum absolute atomic E-state index is 9.46. The van der Waals surface area contributed by atoms with Crippen molar-refractivity contribution in [2.75, 3.05) is 4.90 Å². The van der Waals surface area contributed by atoms with Crippen LogP contribution in [0.25, 0.3) is 0 Å². The number of phenolic OH excluding ortho intramolecular Hbond substituents is 1. The summed E-state index contributed by atoms with van der Waals surface area (Å²) in [6, 6.07) is 7.02. The Kier molecular flexibility index (Phi) is 4.58. The second kappa shape index (κ2) is 5.72. The van der Waals surface area contributed by atoms with Gasteiger partial charge in [0.15, 0.2) is 0 Å². The Morgan fingerprint density at radius 2 is 1.75 bits per heavy atom. The highest BCUT2D eigenvalue weighted by atomic mass is 16.3. The Morgan fingerprint density at radius 3 is 2.19 bits per heavy atom. The van der Waals surface area contributed by atoms with Gasteiger partial charge in [-0.05, 0) is 25.0 Å². The van der Waals surface area contributed by atoms with Crippen molar-refractivity contribution in [3.05, 3.63) is 24.3 Å². The number of rotatable bonds is 5. The second-order valence-corrected chi connectivity index (χ2v) is 3.88. The lowest BCUT2D eigenvalue weighted by atomic mass is 10.2. The molecule has 0 saturated heterocycles. The first kappa shape index (κ1) is 12.8. The van der Waals surface area contributed by atoms with E-state index < -0.39 is 0 Å². The molecule has 16 heavy (non-hydrogen) atoms. The molecule has 0 aliphatic rings. The van der Waals surface area contributed by atoms with Gasteiger partial charge in [-0.1, -0.05) is 19.9 Å². The van der Waals surface area contributed by atoms with E-state index >= 15 is 0 Å². The van der Waals surface area contributed by atoms with Gasteiger partial charge in [0.1, 0.15) is 5.75 Å². The zero-order chi connectivity index (χ0) is 12.1. The summed E-state index contributed by atoms with van der Waals surface area (Å²) in [7, 11) is 0. The lowest BCUT2D eigenvalue weighted by Crippen LogP contribution is -2.52. The summed E-state index contributed by atoms with van der Waals surface area (Å²) in [5, 5.41) is 9.46. The highest BCUT2D eigenvalue weighted by Gasteiger charge is 2.19. The average Bonchev–Trinajstić information content (AvgIpc) is 2.29. The van der Waals surface area contributed by atoms with Crippen LogP contribution < -0.4 is 16.4 Å². The fourth-order valence-electron chi connectivity index (χ4n) is 1.68. The average molecular weight is 223 g/mol. The zero-order valence-corrected chi connectivity index (χ0v) is 9.93. The molecule has 0 spiro atoms. The van der Waals surface area contributed by atoms with Crippen LogP contribution in [0.5, 0.6) is 5.75 Å². The molecular weight excluding hydrogens is 202 g/mol. The van der Waals surface area contributed by atoms with Crippen LogP contribution in [-0.4, -0.2) is 17.4 Å². The largest absolute Gasteiger partial charge is 0.508 e. The highest BCUT2D eigenvalue weighted by Crippen LogP contribution is 2.23. The zero-order valence-electron chi connectivity index (χ0n) is 9.93. The van der Waals surface area contributed by atoms with Gasteiger partial charge >= 0.3 is 0 Å². The number of benzene rings is 1. The Labute approximate surface area is 96.9 Å². The molecule has 0 radical (unpaired) electrons. The first-order valence-electron chi connectivity index (χ1n) is 5.68. The predicted octanol–water partition coefficient (Wildman–Crippen LogP) is 1.59. The lowest BCUT2D eigenvalue weighted by Gasteiger charge is -2.35. The van der Waals surface area contributed by atoms with E-state index in [9.17, 15) is 5.11 Å². The van der Waals surface area contributed by atoms with Crippen molar-refractivity contribution in [2.45, 2.75) is 39.0 Å². The van der Waals surface area contributed by atoms with Gasteiger partial charge in [-0.15, -0.1) is 0 Å². The Morgan fingerprint density at radius 1 is 1.19 bits per heavy atom. The summed E-state index contributed by atoms with van der Waals surface area (Å²) >= 11 is 0. The summed E-state index contributed by atoms with van der Waals surface area (Å²) in [5.74, 6) is 0.231. The Bertz CT molecular complexity index is 320. The number of hydrogen-bond acceptors (Lipinski definition) is 4. The van der Waals surface area contributed by atoms with Crippen LogP contribution in [0.15, 0.2) is 24.3 Å². The van der Waals surface area contributed by atoms with Crippen LogP contribution in [0.1, 0.15) is 26.7 Å². The van der Waals surface area contributed by atoms with Gasteiger partial charge in [0.25, 0.3) is 0 Å². The van der Waals surface area contributed by atoms with Gasteiger partial charge in [0.2, 0.25) is 0 Å². The molecule has 4 nitrogen and oxygen atoms in total. The fraction of sp³-hybridized carbons (Fsp3) is 0.500. The van der Waals surface area contributed by atoms with E-state index in [1.165, 1.54) is 0 Å². The molecular formula is C12H21N3O. The number of aromatic hydroxyl groups is 1. The van der Waals surface area contributed by atoms with Crippen molar-refractivity contribution in [3.8, 4) is 5.75 Å². The lowest BCUT2D eigenvalue weighted by molar-refractivity contribution is 0.471. The molecule has 0 aromatic heterocycles. The van der Waals surface area contributed by atoms with Gasteiger partial charge in [-0.25, -0.2) is 0 Å². The van der Waals surface area contributed by atoms with Crippen molar-refractivity contribution < 1.29 is 5.11 Å². The maximum atomic E-state index is 9.46. The number of nitrogens with zero attached hydrogens (tertiary/aromatic N) is 1. The molecule has 90 valence electrons. The highest BCUT2D eigenvalue weighted by molar-refractivity contribution is 5.51. The molecule has 0 bridgehead atoms. The number of phenols is 1. The molecule has 0 heterocycles. The molecule has 0 amide bonds. The third-order valence-electron chi connectivity index (χ3n) is 2.68. The summed E-state index contributed by atoms with van der Waals surface area (Å²) in [4.78, 5) is 1.94. The van der Waals surface area contributed by atoms with E-state index in [2.05, 4.69) is 0 Å². The molecule has 2 unspecified atom stereocenters. The fourth-order valence-corrected chi connectivity index (χ4v) is 1.68. The molecule has 0 aliphatic carbocycles. The van der Waals surface area contributed by atoms with Crippen molar-refractivity contribution in [1.29, 1.82) is 0 Å². The summed E-state index contributed by atoms with van der Waals surface area (Å²) in [6.45, 7) is 4.03. The standard InChI is InChI=1S/C12H21N3O/c1-3-11(13)15(12(14)4-2)9-6-5-7-10(16)8-9/h5-8,11-12,16H,3-4,13-14H2,1-2H3. The number of nitrogens with two attached hydrogens (primary N) is 2. The van der Waals surface area contributed by atoms with E-state index in [0.717, 1.165) is 18.5 Å². The molecule has 0 aliphatic heterocycles. The van der Waals surface area contributed by atoms with Crippen LogP contribution in [0.2, 0.25) is 0 Å². The Balaban J connectivity index is 3.00. The van der Waals surface area contributed by atoms with E-state index in [1.54, 1.807) is 18.2 Å². The van der Waals surface area contributed by atoms with Crippen LogP contribution >= 0.6 is 0 Å². The van der Waals surface area contributed by atoms with Gasteiger partial charge in [-0.2, -0.15) is 0 Å².